The van der Waals surface area contributed by atoms with E-state index in [-0.39, 0.29) is 6.42 Å². The van der Waals surface area contributed by atoms with E-state index in [4.69, 9.17) is 16.1 Å². The number of nitrogens with zero attached hydrogens (tertiary/aromatic N) is 2. The molecule has 0 aliphatic heterocycles. The van der Waals surface area contributed by atoms with E-state index < -0.39 is 0 Å². The zero-order valence-electron chi connectivity index (χ0n) is 6.94. The summed E-state index contributed by atoms with van der Waals surface area (Å²) in [6, 6.07) is 3.57. The quantitative estimate of drug-likeness (QED) is 0.756. The van der Waals surface area contributed by atoms with Gasteiger partial charge in [0.15, 0.2) is 0 Å². The Morgan fingerprint density at radius 1 is 1.57 bits per heavy atom. The SMILES string of the molecule is O=CCc1nc(-c2ccc(Cl)s2)no1. The number of rotatable bonds is 3. The maximum Gasteiger partial charge on any atom is 0.234 e. The van der Waals surface area contributed by atoms with Crippen LogP contribution in [0.1, 0.15) is 5.89 Å². The third kappa shape index (κ3) is 1.83. The van der Waals surface area contributed by atoms with Crippen molar-refractivity contribution in [1.82, 2.24) is 10.1 Å². The lowest BCUT2D eigenvalue weighted by Gasteiger charge is -1.81. The normalized spacial score (nSPS) is 10.4. The Hall–Kier alpha value is -1.20. The highest BCUT2D eigenvalue weighted by atomic mass is 35.5. The van der Waals surface area contributed by atoms with E-state index in [1.54, 1.807) is 6.07 Å². The standard InChI is InChI=1S/C8H5ClN2O2S/c9-6-2-1-5(14-6)8-10-7(3-4-12)13-11-8/h1-2,4H,3H2. The van der Waals surface area contributed by atoms with Crippen LogP contribution >= 0.6 is 22.9 Å². The van der Waals surface area contributed by atoms with Crippen LogP contribution in [0.4, 0.5) is 0 Å². The summed E-state index contributed by atoms with van der Waals surface area (Å²) in [5.74, 6) is 0.790. The predicted octanol–water partition coefficient (Wildman–Crippen LogP) is 2.19. The van der Waals surface area contributed by atoms with Gasteiger partial charge in [-0.3, -0.25) is 0 Å². The van der Waals surface area contributed by atoms with E-state index in [9.17, 15) is 4.79 Å². The molecule has 0 N–H and O–H groups in total. The monoisotopic (exact) mass is 228 g/mol. The van der Waals surface area contributed by atoms with Crippen LogP contribution in [0.5, 0.6) is 0 Å². The Labute approximate surface area is 88.5 Å². The molecule has 6 heteroatoms. The molecule has 0 fully saturated rings. The van der Waals surface area contributed by atoms with Gasteiger partial charge < -0.3 is 9.32 Å². The van der Waals surface area contributed by atoms with Gasteiger partial charge in [0.25, 0.3) is 0 Å². The van der Waals surface area contributed by atoms with Crippen LogP contribution in [0, 0.1) is 0 Å². The molecule has 14 heavy (non-hydrogen) atoms. The van der Waals surface area contributed by atoms with Crippen molar-refractivity contribution < 1.29 is 9.32 Å². The summed E-state index contributed by atoms with van der Waals surface area (Å²) in [7, 11) is 0. The summed E-state index contributed by atoms with van der Waals surface area (Å²) in [6.07, 6.45) is 0.866. The number of aromatic nitrogens is 2. The van der Waals surface area contributed by atoms with Crippen molar-refractivity contribution in [3.8, 4) is 10.7 Å². The van der Waals surface area contributed by atoms with Gasteiger partial charge in [0.2, 0.25) is 11.7 Å². The second-order valence-electron chi connectivity index (χ2n) is 2.49. The zero-order valence-corrected chi connectivity index (χ0v) is 8.51. The zero-order chi connectivity index (χ0) is 9.97. The Bertz CT molecular complexity index is 452. The van der Waals surface area contributed by atoms with Gasteiger partial charge in [-0.15, -0.1) is 11.3 Å². The average Bonchev–Trinajstić information content (AvgIpc) is 2.74. The molecule has 72 valence electrons. The third-order valence-corrected chi connectivity index (χ3v) is 2.75. The van der Waals surface area contributed by atoms with E-state index in [0.29, 0.717) is 16.1 Å². The van der Waals surface area contributed by atoms with Crippen molar-refractivity contribution in [3.05, 3.63) is 22.4 Å². The van der Waals surface area contributed by atoms with Crippen LogP contribution in [0.15, 0.2) is 16.7 Å². The lowest BCUT2D eigenvalue weighted by Crippen LogP contribution is -1.84. The van der Waals surface area contributed by atoms with E-state index in [1.165, 1.54) is 11.3 Å². The second-order valence-corrected chi connectivity index (χ2v) is 4.20. The van der Waals surface area contributed by atoms with Crippen LogP contribution in [-0.4, -0.2) is 16.4 Å². The van der Waals surface area contributed by atoms with Crippen LogP contribution < -0.4 is 0 Å². The number of hydrogen-bond donors (Lipinski definition) is 0. The van der Waals surface area contributed by atoms with Crippen LogP contribution in [0.25, 0.3) is 10.7 Å². The maximum atomic E-state index is 10.2. The number of thiophene rings is 1. The summed E-state index contributed by atoms with van der Waals surface area (Å²) in [5.41, 5.74) is 0. The molecule has 2 rings (SSSR count). The molecule has 0 aromatic carbocycles. The molecule has 0 saturated carbocycles. The maximum absolute atomic E-state index is 10.2. The van der Waals surface area contributed by atoms with Gasteiger partial charge in [0, 0.05) is 0 Å². The second kappa shape index (κ2) is 3.89. The predicted molar refractivity (Wildman–Crippen MR) is 52.4 cm³/mol. The molecular formula is C8H5ClN2O2S. The fraction of sp³-hybridized carbons (Fsp3) is 0.125. The van der Waals surface area contributed by atoms with Crippen molar-refractivity contribution in [3.63, 3.8) is 0 Å². The van der Waals surface area contributed by atoms with E-state index >= 15 is 0 Å². The van der Waals surface area contributed by atoms with Crippen molar-refractivity contribution in [1.29, 1.82) is 0 Å². The van der Waals surface area contributed by atoms with Gasteiger partial charge in [-0.25, -0.2) is 0 Å². The highest BCUT2D eigenvalue weighted by molar-refractivity contribution is 7.19. The van der Waals surface area contributed by atoms with Crippen LogP contribution in [0.3, 0.4) is 0 Å². The number of halogens is 1. The molecule has 0 atom stereocenters. The Balaban J connectivity index is 2.28. The minimum Gasteiger partial charge on any atom is -0.338 e. The molecule has 0 amide bonds. The lowest BCUT2D eigenvalue weighted by atomic mass is 10.4. The topological polar surface area (TPSA) is 56.0 Å². The van der Waals surface area contributed by atoms with Crippen molar-refractivity contribution >= 4 is 29.2 Å². The molecule has 0 spiro atoms. The highest BCUT2D eigenvalue weighted by Gasteiger charge is 2.09. The molecule has 2 aromatic rings. The molecule has 0 unspecified atom stereocenters. The summed E-state index contributed by atoms with van der Waals surface area (Å²) < 4.78 is 5.51. The van der Waals surface area contributed by atoms with Crippen LogP contribution in [0.2, 0.25) is 4.34 Å². The summed E-state index contributed by atoms with van der Waals surface area (Å²) >= 11 is 7.12. The van der Waals surface area contributed by atoms with Gasteiger partial charge in [-0.05, 0) is 12.1 Å². The number of carbonyl (C=O) groups is 1. The van der Waals surface area contributed by atoms with Gasteiger partial charge in [0.05, 0.1) is 15.6 Å². The molecule has 0 saturated heterocycles. The lowest BCUT2D eigenvalue weighted by molar-refractivity contribution is -0.107. The fourth-order valence-corrected chi connectivity index (χ4v) is 1.91. The minimum absolute atomic E-state index is 0.145. The first-order valence-corrected chi connectivity index (χ1v) is 5.01. The third-order valence-electron chi connectivity index (χ3n) is 1.52. The highest BCUT2D eigenvalue weighted by Crippen LogP contribution is 2.28. The average molecular weight is 229 g/mol. The van der Waals surface area contributed by atoms with Gasteiger partial charge >= 0.3 is 0 Å². The van der Waals surface area contributed by atoms with Crippen molar-refractivity contribution in [2.75, 3.05) is 0 Å². The van der Waals surface area contributed by atoms with Crippen LogP contribution in [-0.2, 0) is 11.2 Å². The number of aldehydes is 1. The van der Waals surface area contributed by atoms with Crippen molar-refractivity contribution in [2.24, 2.45) is 0 Å². The first kappa shape index (κ1) is 9.36. The Morgan fingerprint density at radius 3 is 3.07 bits per heavy atom. The first-order chi connectivity index (χ1) is 6.79. The summed E-state index contributed by atoms with van der Waals surface area (Å²) in [4.78, 5) is 15.0. The Morgan fingerprint density at radius 2 is 2.43 bits per heavy atom. The first-order valence-electron chi connectivity index (χ1n) is 3.81. The smallest absolute Gasteiger partial charge is 0.234 e. The Kier molecular flexibility index (Phi) is 2.60. The number of hydrogen-bond acceptors (Lipinski definition) is 5. The summed E-state index contributed by atoms with van der Waals surface area (Å²) in [6.45, 7) is 0. The molecule has 4 nitrogen and oxygen atoms in total. The molecule has 0 aliphatic carbocycles. The van der Waals surface area contributed by atoms with Gasteiger partial charge in [-0.2, -0.15) is 4.98 Å². The summed E-state index contributed by atoms with van der Waals surface area (Å²) in [5, 5.41) is 3.73. The van der Waals surface area contributed by atoms with Crippen molar-refractivity contribution in [2.45, 2.75) is 6.42 Å². The fourth-order valence-electron chi connectivity index (χ4n) is 0.944. The molecule has 0 aliphatic rings. The number of carbonyl (C=O) groups excluding carboxylic acids is 1. The molecule has 0 radical (unpaired) electrons. The molecule has 2 aromatic heterocycles. The van der Waals surface area contributed by atoms with Gasteiger partial charge in [0.1, 0.15) is 6.29 Å². The molecular weight excluding hydrogens is 224 g/mol. The van der Waals surface area contributed by atoms with E-state index in [1.807, 2.05) is 6.07 Å². The molecule has 2 heterocycles. The van der Waals surface area contributed by atoms with E-state index in [2.05, 4.69) is 10.1 Å². The largest absolute Gasteiger partial charge is 0.338 e. The molecule has 0 bridgehead atoms. The minimum atomic E-state index is 0.145. The van der Waals surface area contributed by atoms with E-state index in [0.717, 1.165) is 11.2 Å². The van der Waals surface area contributed by atoms with Gasteiger partial charge in [-0.1, -0.05) is 16.8 Å².